The predicted octanol–water partition coefficient (Wildman–Crippen LogP) is 3.30. The van der Waals surface area contributed by atoms with Gasteiger partial charge in [0.05, 0.1) is 5.54 Å². The van der Waals surface area contributed by atoms with E-state index in [2.05, 4.69) is 20.8 Å². The van der Waals surface area contributed by atoms with Gasteiger partial charge >= 0.3 is 6.03 Å². The maximum atomic E-state index is 12.1. The summed E-state index contributed by atoms with van der Waals surface area (Å²) in [6.45, 7) is 7.72. The lowest BCUT2D eigenvalue weighted by atomic mass is 9.77. The van der Waals surface area contributed by atoms with Gasteiger partial charge in [0.25, 0.3) is 5.89 Å². The van der Waals surface area contributed by atoms with E-state index in [1.165, 1.54) is 0 Å². The Hall–Kier alpha value is -2.41. The molecule has 1 aliphatic carbocycles. The van der Waals surface area contributed by atoms with Crippen LogP contribution in [0, 0.1) is 6.92 Å². The van der Waals surface area contributed by atoms with Crippen molar-refractivity contribution in [3.8, 4) is 11.5 Å². The maximum absolute atomic E-state index is 12.1. The van der Waals surface area contributed by atoms with Crippen LogP contribution in [-0.2, 0) is 5.54 Å². The molecule has 25 heavy (non-hydrogen) atoms. The van der Waals surface area contributed by atoms with Crippen molar-refractivity contribution < 1.29 is 9.32 Å². The Morgan fingerprint density at radius 1 is 1.32 bits per heavy atom. The number of aromatic nitrogens is 2. The molecule has 0 saturated heterocycles. The highest BCUT2D eigenvalue weighted by atomic mass is 16.5. The summed E-state index contributed by atoms with van der Waals surface area (Å²) in [5.41, 5.74) is 7.87. The monoisotopic (exact) mass is 343 g/mol. The summed E-state index contributed by atoms with van der Waals surface area (Å²) < 4.78 is 5.38. The Kier molecular flexibility index (Phi) is 4.28. The standard InChI is InChI=1S/C18H25N5O2/c1-11-6-7-12(10-13(11)20-16(24)22-17(2,3)4)14-21-15(23-25-14)18(19)8-5-9-18/h6-7,10H,5,8-9,19H2,1-4H3,(H2,20,22,24). The van der Waals surface area contributed by atoms with Gasteiger partial charge in [0.15, 0.2) is 5.82 Å². The van der Waals surface area contributed by atoms with E-state index in [0.29, 0.717) is 17.4 Å². The summed E-state index contributed by atoms with van der Waals surface area (Å²) >= 11 is 0. The molecule has 1 aliphatic rings. The Labute approximate surface area is 147 Å². The quantitative estimate of drug-likeness (QED) is 0.793. The third kappa shape index (κ3) is 3.82. The van der Waals surface area contributed by atoms with Gasteiger partial charge in [0.1, 0.15) is 0 Å². The zero-order valence-electron chi connectivity index (χ0n) is 15.1. The maximum Gasteiger partial charge on any atom is 0.319 e. The minimum atomic E-state index is -0.458. The number of nitrogens with one attached hydrogen (secondary N) is 2. The zero-order chi connectivity index (χ0) is 18.2. The van der Waals surface area contributed by atoms with E-state index in [1.807, 2.05) is 45.9 Å². The summed E-state index contributed by atoms with van der Waals surface area (Å²) in [6.07, 6.45) is 2.83. The lowest BCUT2D eigenvalue weighted by Crippen LogP contribution is -2.44. The first-order valence-corrected chi connectivity index (χ1v) is 8.50. The molecule has 0 spiro atoms. The van der Waals surface area contributed by atoms with E-state index in [9.17, 15) is 4.79 Å². The molecule has 1 saturated carbocycles. The molecule has 0 unspecified atom stereocenters. The molecule has 0 atom stereocenters. The molecule has 7 nitrogen and oxygen atoms in total. The molecule has 4 N–H and O–H groups in total. The van der Waals surface area contributed by atoms with Crippen molar-refractivity contribution in [2.45, 2.75) is 58.0 Å². The normalized spacial score (nSPS) is 16.2. The third-order valence-corrected chi connectivity index (χ3v) is 4.34. The molecule has 0 bridgehead atoms. The highest BCUT2D eigenvalue weighted by Crippen LogP contribution is 2.37. The van der Waals surface area contributed by atoms with Crippen LogP contribution in [0.25, 0.3) is 11.5 Å². The number of rotatable bonds is 3. The van der Waals surface area contributed by atoms with Crippen LogP contribution in [-0.4, -0.2) is 21.7 Å². The molecule has 2 amide bonds. The number of benzene rings is 1. The number of aryl methyl sites for hydroxylation is 1. The summed E-state index contributed by atoms with van der Waals surface area (Å²) in [7, 11) is 0. The molecule has 0 aliphatic heterocycles. The molecule has 3 rings (SSSR count). The minimum Gasteiger partial charge on any atom is -0.334 e. The molecule has 7 heteroatoms. The Bertz CT molecular complexity index is 787. The van der Waals surface area contributed by atoms with Crippen LogP contribution in [0.5, 0.6) is 0 Å². The highest BCUT2D eigenvalue weighted by Gasteiger charge is 2.39. The van der Waals surface area contributed by atoms with Crippen LogP contribution < -0.4 is 16.4 Å². The van der Waals surface area contributed by atoms with Gasteiger partial charge < -0.3 is 20.9 Å². The van der Waals surface area contributed by atoms with E-state index in [-0.39, 0.29) is 11.6 Å². The number of anilines is 1. The second-order valence-electron chi connectivity index (χ2n) is 7.79. The van der Waals surface area contributed by atoms with Gasteiger partial charge in [-0.15, -0.1) is 0 Å². The number of carbonyl (C=O) groups is 1. The van der Waals surface area contributed by atoms with E-state index >= 15 is 0 Å². The van der Waals surface area contributed by atoms with Crippen molar-refractivity contribution in [1.29, 1.82) is 0 Å². The van der Waals surface area contributed by atoms with Gasteiger partial charge in [-0.1, -0.05) is 11.2 Å². The number of nitrogens with two attached hydrogens (primary N) is 1. The fourth-order valence-electron chi connectivity index (χ4n) is 2.71. The van der Waals surface area contributed by atoms with Gasteiger partial charge in [-0.25, -0.2) is 4.79 Å². The number of amides is 2. The average molecular weight is 343 g/mol. The minimum absolute atomic E-state index is 0.255. The van der Waals surface area contributed by atoms with Gasteiger partial charge in [0.2, 0.25) is 0 Å². The first-order valence-electron chi connectivity index (χ1n) is 8.50. The number of carbonyl (C=O) groups excluding carboxylic acids is 1. The largest absolute Gasteiger partial charge is 0.334 e. The molecule has 1 heterocycles. The molecule has 134 valence electrons. The molecule has 2 aromatic rings. The summed E-state index contributed by atoms with van der Waals surface area (Å²) in [4.78, 5) is 16.6. The number of hydrogen-bond acceptors (Lipinski definition) is 5. The van der Waals surface area contributed by atoms with E-state index in [4.69, 9.17) is 10.3 Å². The van der Waals surface area contributed by atoms with Crippen molar-refractivity contribution in [1.82, 2.24) is 15.5 Å². The van der Waals surface area contributed by atoms with Crippen LogP contribution >= 0.6 is 0 Å². The smallest absolute Gasteiger partial charge is 0.319 e. The first-order chi connectivity index (χ1) is 11.7. The number of nitrogens with zero attached hydrogens (tertiary/aromatic N) is 2. The van der Waals surface area contributed by atoms with Crippen LogP contribution in [0.4, 0.5) is 10.5 Å². The predicted molar refractivity (Wildman–Crippen MR) is 96.1 cm³/mol. The van der Waals surface area contributed by atoms with Crippen LogP contribution in [0.15, 0.2) is 22.7 Å². The zero-order valence-corrected chi connectivity index (χ0v) is 15.1. The van der Waals surface area contributed by atoms with Crippen molar-refractivity contribution in [3.05, 3.63) is 29.6 Å². The summed E-state index contributed by atoms with van der Waals surface area (Å²) in [5, 5.41) is 9.78. The summed E-state index contributed by atoms with van der Waals surface area (Å²) in [6, 6.07) is 5.38. The summed E-state index contributed by atoms with van der Waals surface area (Å²) in [5.74, 6) is 0.959. The molecular weight excluding hydrogens is 318 g/mol. The van der Waals surface area contributed by atoms with Crippen molar-refractivity contribution in [3.63, 3.8) is 0 Å². The van der Waals surface area contributed by atoms with Gasteiger partial charge in [0, 0.05) is 16.8 Å². The highest BCUT2D eigenvalue weighted by molar-refractivity contribution is 5.91. The van der Waals surface area contributed by atoms with E-state index in [0.717, 1.165) is 30.4 Å². The van der Waals surface area contributed by atoms with Gasteiger partial charge in [-0.05, 0) is 64.7 Å². The fraction of sp³-hybridized carbons (Fsp3) is 0.500. The Balaban J connectivity index is 1.81. The lowest BCUT2D eigenvalue weighted by molar-refractivity contribution is 0.229. The SMILES string of the molecule is Cc1ccc(-c2nc(C3(N)CCC3)no2)cc1NC(=O)NC(C)(C)C. The van der Waals surface area contributed by atoms with Crippen molar-refractivity contribution in [2.24, 2.45) is 5.73 Å². The molecule has 1 aromatic heterocycles. The topological polar surface area (TPSA) is 106 Å². The Morgan fingerprint density at radius 2 is 2.04 bits per heavy atom. The van der Waals surface area contributed by atoms with Crippen LogP contribution in [0.1, 0.15) is 51.4 Å². The average Bonchev–Trinajstić information content (AvgIpc) is 2.95. The van der Waals surface area contributed by atoms with Crippen LogP contribution in [0.2, 0.25) is 0 Å². The third-order valence-electron chi connectivity index (χ3n) is 4.34. The number of hydrogen-bond donors (Lipinski definition) is 3. The second-order valence-corrected chi connectivity index (χ2v) is 7.79. The molecular formula is C18H25N5O2. The molecule has 0 radical (unpaired) electrons. The fourth-order valence-corrected chi connectivity index (χ4v) is 2.71. The van der Waals surface area contributed by atoms with Crippen molar-refractivity contribution in [2.75, 3.05) is 5.32 Å². The lowest BCUT2D eigenvalue weighted by Gasteiger charge is -2.34. The Morgan fingerprint density at radius 3 is 2.64 bits per heavy atom. The number of urea groups is 1. The van der Waals surface area contributed by atoms with Gasteiger partial charge in [-0.3, -0.25) is 0 Å². The van der Waals surface area contributed by atoms with Gasteiger partial charge in [-0.2, -0.15) is 4.98 Å². The van der Waals surface area contributed by atoms with Crippen LogP contribution in [0.3, 0.4) is 0 Å². The molecule has 1 fully saturated rings. The first kappa shape index (κ1) is 17.4. The molecule has 1 aromatic carbocycles. The van der Waals surface area contributed by atoms with E-state index in [1.54, 1.807) is 0 Å². The second kappa shape index (κ2) is 6.15. The van der Waals surface area contributed by atoms with Crippen molar-refractivity contribution >= 4 is 11.7 Å². The van der Waals surface area contributed by atoms with E-state index < -0.39 is 5.54 Å².